The Morgan fingerprint density at radius 2 is 1.77 bits per heavy atom. The molecule has 1 aliphatic rings. The third kappa shape index (κ3) is 4.52. The van der Waals surface area contributed by atoms with Crippen LogP contribution in [0.4, 0.5) is 5.69 Å². The van der Waals surface area contributed by atoms with E-state index in [-0.39, 0.29) is 24.1 Å². The average Bonchev–Trinajstić information content (AvgIpc) is 2.94. The highest BCUT2D eigenvalue weighted by molar-refractivity contribution is 6.11. The molecule has 7 nitrogen and oxygen atoms in total. The summed E-state index contributed by atoms with van der Waals surface area (Å²) in [5.41, 5.74) is 0.867. The van der Waals surface area contributed by atoms with Crippen molar-refractivity contribution >= 4 is 23.4 Å². The maximum absolute atomic E-state index is 13.6. The maximum Gasteiger partial charge on any atom is 0.258 e. The van der Waals surface area contributed by atoms with E-state index >= 15 is 0 Å². The molecule has 0 spiro atoms. The Hall–Kier alpha value is -3.19. The Labute approximate surface area is 176 Å². The second kappa shape index (κ2) is 9.54. The van der Waals surface area contributed by atoms with Crippen molar-refractivity contribution in [1.29, 1.82) is 0 Å². The van der Waals surface area contributed by atoms with Gasteiger partial charge in [-0.05, 0) is 18.1 Å². The van der Waals surface area contributed by atoms with Gasteiger partial charge in [-0.3, -0.25) is 14.4 Å². The lowest BCUT2D eigenvalue weighted by atomic mass is 9.87. The fraction of sp³-hybridized carbons (Fsp3) is 0.348. The first-order valence-corrected chi connectivity index (χ1v) is 9.97. The minimum absolute atomic E-state index is 0.166. The summed E-state index contributed by atoms with van der Waals surface area (Å²) in [5, 5.41) is 5.61. The van der Waals surface area contributed by atoms with E-state index in [0.717, 1.165) is 5.56 Å². The molecule has 0 saturated heterocycles. The summed E-state index contributed by atoms with van der Waals surface area (Å²) in [4.78, 5) is 40.1. The van der Waals surface area contributed by atoms with Crippen molar-refractivity contribution < 1.29 is 19.1 Å². The molecule has 2 aromatic rings. The van der Waals surface area contributed by atoms with E-state index in [2.05, 4.69) is 10.6 Å². The van der Waals surface area contributed by atoms with Crippen LogP contribution in [0.2, 0.25) is 0 Å². The van der Waals surface area contributed by atoms with Gasteiger partial charge in [0.05, 0.1) is 18.7 Å². The first-order valence-electron chi connectivity index (χ1n) is 9.97. The van der Waals surface area contributed by atoms with E-state index in [9.17, 15) is 14.4 Å². The molecule has 2 aromatic carbocycles. The molecule has 7 heteroatoms. The average molecular weight is 409 g/mol. The molecule has 3 rings (SSSR count). The summed E-state index contributed by atoms with van der Waals surface area (Å²) in [6.45, 7) is 2.68. The molecule has 0 radical (unpaired) electrons. The van der Waals surface area contributed by atoms with Crippen LogP contribution >= 0.6 is 0 Å². The van der Waals surface area contributed by atoms with Crippen molar-refractivity contribution in [3.8, 4) is 0 Å². The number of ether oxygens (including phenoxy) is 1. The molecule has 0 aromatic heterocycles. The van der Waals surface area contributed by atoms with Crippen LogP contribution in [0.3, 0.4) is 0 Å². The molecule has 1 unspecified atom stereocenters. The van der Waals surface area contributed by atoms with Gasteiger partial charge in [-0.15, -0.1) is 0 Å². The molecule has 0 bridgehead atoms. The summed E-state index contributed by atoms with van der Waals surface area (Å²) < 4.78 is 4.99. The van der Waals surface area contributed by atoms with Gasteiger partial charge in [-0.2, -0.15) is 0 Å². The Morgan fingerprint density at radius 3 is 2.47 bits per heavy atom. The molecule has 158 valence electrons. The highest BCUT2D eigenvalue weighted by atomic mass is 16.5. The molecular formula is C23H27N3O4. The number of methoxy groups -OCH3 is 1. The number of hydrogen-bond donors (Lipinski definition) is 2. The normalized spacial score (nSPS) is 17.5. The van der Waals surface area contributed by atoms with Gasteiger partial charge in [0, 0.05) is 32.7 Å². The summed E-state index contributed by atoms with van der Waals surface area (Å²) in [5.74, 6) is -0.980. The number of fused-ring (bicyclic) bond motifs is 1. The highest BCUT2D eigenvalue weighted by Gasteiger charge is 2.52. The van der Waals surface area contributed by atoms with Gasteiger partial charge in [0.15, 0.2) is 5.54 Å². The van der Waals surface area contributed by atoms with Crippen molar-refractivity contribution in [2.75, 3.05) is 25.2 Å². The fourth-order valence-corrected chi connectivity index (χ4v) is 3.83. The van der Waals surface area contributed by atoms with Gasteiger partial charge in [0.1, 0.15) is 0 Å². The number of para-hydroxylation sites is 1. The second-order valence-corrected chi connectivity index (χ2v) is 7.35. The van der Waals surface area contributed by atoms with Crippen LogP contribution in [0.25, 0.3) is 0 Å². The van der Waals surface area contributed by atoms with Crippen molar-refractivity contribution in [2.24, 2.45) is 0 Å². The molecule has 3 amide bonds. The fourth-order valence-electron chi connectivity index (χ4n) is 3.83. The summed E-state index contributed by atoms with van der Waals surface area (Å²) >= 11 is 0. The predicted molar refractivity (Wildman–Crippen MR) is 114 cm³/mol. The van der Waals surface area contributed by atoms with Crippen LogP contribution in [-0.2, 0) is 31.2 Å². The van der Waals surface area contributed by atoms with Crippen LogP contribution in [0.1, 0.15) is 30.9 Å². The van der Waals surface area contributed by atoms with Crippen LogP contribution in [0.5, 0.6) is 0 Å². The lowest BCUT2D eigenvalue weighted by Crippen LogP contribution is -2.54. The summed E-state index contributed by atoms with van der Waals surface area (Å²) in [6, 6.07) is 16.9. The standard InChI is InChI=1S/C23H27N3O4/c1-17(27)25-23(15-21(28)24-13-8-14-30-2)19-11-6-7-12-20(19)26(22(23)29)16-18-9-4-3-5-10-18/h3-7,9-12H,8,13-16H2,1-2H3,(H,24,28)(H,25,27). The SMILES string of the molecule is COCCCNC(=O)CC1(NC(C)=O)C(=O)N(Cc2ccccc2)c2ccccc21. The molecule has 30 heavy (non-hydrogen) atoms. The van der Waals surface area contributed by atoms with Crippen molar-refractivity contribution in [1.82, 2.24) is 10.6 Å². The minimum Gasteiger partial charge on any atom is -0.385 e. The molecule has 0 fully saturated rings. The molecule has 0 aliphatic carbocycles. The first-order chi connectivity index (χ1) is 14.5. The largest absolute Gasteiger partial charge is 0.385 e. The van der Waals surface area contributed by atoms with E-state index in [0.29, 0.717) is 37.4 Å². The number of benzene rings is 2. The van der Waals surface area contributed by atoms with Crippen LogP contribution in [0, 0.1) is 0 Å². The Morgan fingerprint density at radius 1 is 1.07 bits per heavy atom. The number of anilines is 1. The van der Waals surface area contributed by atoms with Gasteiger partial charge >= 0.3 is 0 Å². The lowest BCUT2D eigenvalue weighted by molar-refractivity contribution is -0.134. The summed E-state index contributed by atoms with van der Waals surface area (Å²) in [6.07, 6.45) is 0.501. The zero-order valence-electron chi connectivity index (χ0n) is 17.3. The number of nitrogens with zero attached hydrogens (tertiary/aromatic N) is 1. The molecule has 0 saturated carbocycles. The first kappa shape index (κ1) is 21.5. The van der Waals surface area contributed by atoms with Crippen molar-refractivity contribution in [3.63, 3.8) is 0 Å². The predicted octanol–water partition coefficient (Wildman–Crippen LogP) is 2.11. The monoisotopic (exact) mass is 409 g/mol. The Kier molecular flexibility index (Phi) is 6.84. The van der Waals surface area contributed by atoms with Crippen molar-refractivity contribution in [3.05, 3.63) is 65.7 Å². The van der Waals surface area contributed by atoms with Crippen LogP contribution in [-0.4, -0.2) is 38.0 Å². The number of carbonyl (C=O) groups is 3. The topological polar surface area (TPSA) is 87.7 Å². The third-order valence-electron chi connectivity index (χ3n) is 5.11. The molecule has 1 heterocycles. The van der Waals surface area contributed by atoms with E-state index in [4.69, 9.17) is 4.74 Å². The molecule has 1 atom stereocenters. The zero-order chi connectivity index (χ0) is 21.6. The Bertz CT molecular complexity index is 916. The number of amides is 3. The number of hydrogen-bond acceptors (Lipinski definition) is 4. The number of carbonyl (C=O) groups excluding carboxylic acids is 3. The lowest BCUT2D eigenvalue weighted by Gasteiger charge is -2.29. The smallest absolute Gasteiger partial charge is 0.258 e. The van der Waals surface area contributed by atoms with Gasteiger partial charge in [0.25, 0.3) is 5.91 Å². The number of nitrogens with one attached hydrogen (secondary N) is 2. The minimum atomic E-state index is -1.43. The second-order valence-electron chi connectivity index (χ2n) is 7.35. The maximum atomic E-state index is 13.6. The molecule has 1 aliphatic heterocycles. The van der Waals surface area contributed by atoms with E-state index in [1.54, 1.807) is 18.1 Å². The van der Waals surface area contributed by atoms with E-state index < -0.39 is 5.54 Å². The van der Waals surface area contributed by atoms with Gasteiger partial charge in [0.2, 0.25) is 11.8 Å². The van der Waals surface area contributed by atoms with Gasteiger partial charge in [-0.25, -0.2) is 0 Å². The van der Waals surface area contributed by atoms with Crippen LogP contribution in [0.15, 0.2) is 54.6 Å². The zero-order valence-corrected chi connectivity index (χ0v) is 17.3. The third-order valence-corrected chi connectivity index (χ3v) is 5.11. The quantitative estimate of drug-likeness (QED) is 0.621. The van der Waals surface area contributed by atoms with Gasteiger partial charge in [-0.1, -0.05) is 48.5 Å². The molecular weight excluding hydrogens is 382 g/mol. The molecule has 2 N–H and O–H groups in total. The highest BCUT2D eigenvalue weighted by Crippen LogP contribution is 2.43. The van der Waals surface area contributed by atoms with Crippen LogP contribution < -0.4 is 15.5 Å². The van der Waals surface area contributed by atoms with Crippen molar-refractivity contribution in [2.45, 2.75) is 31.8 Å². The van der Waals surface area contributed by atoms with E-state index in [1.807, 2.05) is 48.5 Å². The number of rotatable bonds is 9. The Balaban J connectivity index is 1.92. The van der Waals surface area contributed by atoms with Gasteiger partial charge < -0.3 is 20.3 Å². The van der Waals surface area contributed by atoms with E-state index in [1.165, 1.54) is 6.92 Å². The summed E-state index contributed by atoms with van der Waals surface area (Å²) in [7, 11) is 1.60.